The highest BCUT2D eigenvalue weighted by Crippen LogP contribution is 2.18. The van der Waals surface area contributed by atoms with E-state index in [1.807, 2.05) is 0 Å². The van der Waals surface area contributed by atoms with Gasteiger partial charge in [0, 0.05) is 44.6 Å². The van der Waals surface area contributed by atoms with Crippen molar-refractivity contribution in [2.45, 2.75) is 19.9 Å². The van der Waals surface area contributed by atoms with Gasteiger partial charge in [-0.15, -0.1) is 0 Å². The average molecular weight is 316 g/mol. The summed E-state index contributed by atoms with van der Waals surface area (Å²) < 4.78 is 5.51. The maximum atomic E-state index is 11.7. The van der Waals surface area contributed by atoms with Crippen molar-refractivity contribution in [1.82, 2.24) is 14.9 Å². The minimum absolute atomic E-state index is 0.289. The fraction of sp³-hybridized carbons (Fsp3) is 0.438. The summed E-state index contributed by atoms with van der Waals surface area (Å²) in [7, 11) is 0. The Morgan fingerprint density at radius 3 is 2.78 bits per heavy atom. The van der Waals surface area contributed by atoms with E-state index < -0.39 is 5.43 Å². The van der Waals surface area contributed by atoms with Gasteiger partial charge in [0.1, 0.15) is 5.76 Å². The third kappa shape index (κ3) is 3.68. The number of anilines is 1. The topological polar surface area (TPSA) is 82.7 Å². The van der Waals surface area contributed by atoms with Gasteiger partial charge in [0.25, 0.3) is 0 Å². The number of rotatable bonds is 3. The molecule has 7 nitrogen and oxygen atoms in total. The molecule has 2 aromatic heterocycles. The molecule has 1 saturated heterocycles. The van der Waals surface area contributed by atoms with Crippen molar-refractivity contribution >= 4 is 5.95 Å². The molecule has 1 fully saturated rings. The van der Waals surface area contributed by atoms with Gasteiger partial charge < -0.3 is 14.4 Å². The Bertz CT molecular complexity index is 717. The standard InChI is InChI=1S/C16H20N4O3/c1-12-10-13(21)15(22)14(23-12)11-19-6-3-7-20(9-8-19)16-17-4-2-5-18-16/h2,4-5,10,22H,3,6-9,11H2,1H3. The molecule has 122 valence electrons. The van der Waals surface area contributed by atoms with E-state index >= 15 is 0 Å². The molecule has 0 amide bonds. The van der Waals surface area contributed by atoms with Crippen LogP contribution in [0.5, 0.6) is 5.75 Å². The van der Waals surface area contributed by atoms with Crippen molar-refractivity contribution in [3.05, 3.63) is 46.3 Å². The lowest BCUT2D eigenvalue weighted by Gasteiger charge is -2.21. The largest absolute Gasteiger partial charge is 0.502 e. The van der Waals surface area contributed by atoms with E-state index in [-0.39, 0.29) is 5.75 Å². The monoisotopic (exact) mass is 316 g/mol. The SMILES string of the molecule is Cc1cc(=O)c(O)c(CN2CCCN(c3ncccn3)CC2)o1. The van der Waals surface area contributed by atoms with Crippen molar-refractivity contribution < 1.29 is 9.52 Å². The van der Waals surface area contributed by atoms with Crippen molar-refractivity contribution in [3.63, 3.8) is 0 Å². The van der Waals surface area contributed by atoms with E-state index in [9.17, 15) is 9.90 Å². The van der Waals surface area contributed by atoms with Crippen LogP contribution in [-0.2, 0) is 6.54 Å². The quantitative estimate of drug-likeness (QED) is 0.909. The smallest absolute Gasteiger partial charge is 0.227 e. The molecule has 1 aliphatic rings. The van der Waals surface area contributed by atoms with Crippen LogP contribution < -0.4 is 10.3 Å². The Balaban J connectivity index is 1.68. The van der Waals surface area contributed by atoms with E-state index in [1.165, 1.54) is 6.07 Å². The van der Waals surface area contributed by atoms with Gasteiger partial charge in [-0.25, -0.2) is 9.97 Å². The first-order chi connectivity index (χ1) is 11.1. The Morgan fingerprint density at radius 2 is 2.00 bits per heavy atom. The predicted molar refractivity (Wildman–Crippen MR) is 85.5 cm³/mol. The Kier molecular flexibility index (Phi) is 4.57. The molecule has 3 heterocycles. The van der Waals surface area contributed by atoms with Gasteiger partial charge in [-0.3, -0.25) is 9.69 Å². The first-order valence-corrected chi connectivity index (χ1v) is 7.70. The lowest BCUT2D eigenvalue weighted by molar-refractivity contribution is 0.245. The molecule has 0 spiro atoms. The second-order valence-electron chi connectivity index (χ2n) is 5.66. The van der Waals surface area contributed by atoms with E-state index in [0.717, 1.165) is 38.5 Å². The van der Waals surface area contributed by atoms with Crippen LogP contribution >= 0.6 is 0 Å². The first kappa shape index (κ1) is 15.5. The lowest BCUT2D eigenvalue weighted by atomic mass is 10.3. The number of aryl methyl sites for hydroxylation is 1. The van der Waals surface area contributed by atoms with Crippen LogP contribution in [-0.4, -0.2) is 46.2 Å². The summed E-state index contributed by atoms with van der Waals surface area (Å²) in [6.07, 6.45) is 4.43. The molecule has 0 atom stereocenters. The van der Waals surface area contributed by atoms with Crippen LogP contribution in [0.3, 0.4) is 0 Å². The van der Waals surface area contributed by atoms with Crippen molar-refractivity contribution in [2.24, 2.45) is 0 Å². The molecule has 1 N–H and O–H groups in total. The molecule has 3 rings (SSSR count). The molecule has 0 saturated carbocycles. The summed E-state index contributed by atoms with van der Waals surface area (Å²) in [5, 5.41) is 9.89. The molecule has 0 unspecified atom stereocenters. The number of aromatic hydroxyl groups is 1. The molecule has 2 aromatic rings. The van der Waals surface area contributed by atoms with Gasteiger partial charge >= 0.3 is 0 Å². The van der Waals surface area contributed by atoms with E-state index in [1.54, 1.807) is 25.4 Å². The van der Waals surface area contributed by atoms with Crippen molar-refractivity contribution in [2.75, 3.05) is 31.1 Å². The Hall–Kier alpha value is -2.41. The zero-order valence-corrected chi connectivity index (χ0v) is 13.1. The molecule has 0 bridgehead atoms. The minimum Gasteiger partial charge on any atom is -0.502 e. The molecular formula is C16H20N4O3. The summed E-state index contributed by atoms with van der Waals surface area (Å²) in [6.45, 7) is 5.45. The second-order valence-corrected chi connectivity index (χ2v) is 5.66. The molecule has 0 radical (unpaired) electrons. The van der Waals surface area contributed by atoms with Crippen molar-refractivity contribution in [3.8, 4) is 5.75 Å². The second kappa shape index (κ2) is 6.78. The molecule has 1 aliphatic heterocycles. The molecule has 0 aromatic carbocycles. The maximum absolute atomic E-state index is 11.7. The number of hydrogen-bond donors (Lipinski definition) is 1. The predicted octanol–water partition coefficient (Wildman–Crippen LogP) is 1.16. The lowest BCUT2D eigenvalue weighted by Crippen LogP contribution is -2.31. The summed E-state index contributed by atoms with van der Waals surface area (Å²) in [5.41, 5.74) is -0.391. The van der Waals surface area contributed by atoms with Gasteiger partial charge in [-0.05, 0) is 19.4 Å². The van der Waals surface area contributed by atoms with Crippen LogP contribution in [0.4, 0.5) is 5.95 Å². The van der Waals surface area contributed by atoms with Crippen LogP contribution in [0.15, 0.2) is 33.7 Å². The van der Waals surface area contributed by atoms with Gasteiger partial charge in [-0.1, -0.05) is 0 Å². The third-order valence-corrected chi connectivity index (χ3v) is 3.91. The van der Waals surface area contributed by atoms with Gasteiger partial charge in [0.05, 0.1) is 6.54 Å². The Morgan fingerprint density at radius 1 is 1.22 bits per heavy atom. The fourth-order valence-corrected chi connectivity index (χ4v) is 2.76. The normalized spacial score (nSPS) is 16.3. The van der Waals surface area contributed by atoms with Crippen LogP contribution in [0, 0.1) is 6.92 Å². The highest BCUT2D eigenvalue weighted by atomic mass is 16.4. The third-order valence-electron chi connectivity index (χ3n) is 3.91. The van der Waals surface area contributed by atoms with Crippen molar-refractivity contribution in [1.29, 1.82) is 0 Å². The fourth-order valence-electron chi connectivity index (χ4n) is 2.76. The van der Waals surface area contributed by atoms with Gasteiger partial charge in [0.15, 0.2) is 5.76 Å². The van der Waals surface area contributed by atoms with E-state index in [4.69, 9.17) is 4.42 Å². The summed E-state index contributed by atoms with van der Waals surface area (Å²) in [5.74, 6) is 1.29. The zero-order valence-electron chi connectivity index (χ0n) is 13.1. The number of hydrogen-bond acceptors (Lipinski definition) is 7. The van der Waals surface area contributed by atoms with Crippen LogP contribution in [0.25, 0.3) is 0 Å². The number of nitrogens with zero attached hydrogens (tertiary/aromatic N) is 4. The number of aromatic nitrogens is 2. The maximum Gasteiger partial charge on any atom is 0.227 e. The van der Waals surface area contributed by atoms with E-state index in [0.29, 0.717) is 18.1 Å². The zero-order chi connectivity index (χ0) is 16.2. The molecule has 0 aliphatic carbocycles. The van der Waals surface area contributed by atoms with Gasteiger partial charge in [-0.2, -0.15) is 0 Å². The minimum atomic E-state index is -0.391. The highest BCUT2D eigenvalue weighted by Gasteiger charge is 2.19. The molecular weight excluding hydrogens is 296 g/mol. The average Bonchev–Trinajstić information content (AvgIpc) is 2.79. The summed E-state index contributed by atoms with van der Waals surface area (Å²) >= 11 is 0. The highest BCUT2D eigenvalue weighted by molar-refractivity contribution is 5.29. The Labute approximate surface area is 134 Å². The van der Waals surface area contributed by atoms with Crippen LogP contribution in [0.2, 0.25) is 0 Å². The molecule has 7 heteroatoms. The summed E-state index contributed by atoms with van der Waals surface area (Å²) in [4.78, 5) is 24.5. The molecule has 23 heavy (non-hydrogen) atoms. The van der Waals surface area contributed by atoms with Crippen LogP contribution in [0.1, 0.15) is 17.9 Å². The van der Waals surface area contributed by atoms with E-state index in [2.05, 4.69) is 19.8 Å². The van der Waals surface area contributed by atoms with Gasteiger partial charge in [0.2, 0.25) is 17.1 Å². The summed E-state index contributed by atoms with van der Waals surface area (Å²) in [6, 6.07) is 3.10. The first-order valence-electron chi connectivity index (χ1n) is 7.70.